The van der Waals surface area contributed by atoms with Crippen LogP contribution in [0.2, 0.25) is 0 Å². The first-order valence-electron chi connectivity index (χ1n) is 11.0. The lowest BCUT2D eigenvalue weighted by molar-refractivity contribution is -0.140. The number of halogens is 1. The summed E-state index contributed by atoms with van der Waals surface area (Å²) in [5.74, 6) is 1.60. The van der Waals surface area contributed by atoms with Crippen molar-refractivity contribution in [3.05, 3.63) is 70.2 Å². The van der Waals surface area contributed by atoms with E-state index in [9.17, 15) is 9.59 Å². The van der Waals surface area contributed by atoms with Crippen LogP contribution < -0.4 is 5.32 Å². The van der Waals surface area contributed by atoms with E-state index in [2.05, 4.69) is 33.4 Å². The van der Waals surface area contributed by atoms with Crippen molar-refractivity contribution >= 4 is 39.5 Å². The SMILES string of the molecule is C[C@@H](C(=O)NC1CCCC1)N(Cc1cccc(Br)c1)C(=O)CCSCc1ccccc1. The van der Waals surface area contributed by atoms with Gasteiger partial charge in [0, 0.05) is 35.0 Å². The van der Waals surface area contributed by atoms with E-state index in [0.29, 0.717) is 13.0 Å². The Balaban J connectivity index is 1.60. The topological polar surface area (TPSA) is 49.4 Å². The van der Waals surface area contributed by atoms with E-state index in [4.69, 9.17) is 0 Å². The van der Waals surface area contributed by atoms with Gasteiger partial charge in [-0.1, -0.05) is 71.2 Å². The molecular formula is C25H31BrN2O2S. The zero-order valence-electron chi connectivity index (χ0n) is 18.1. The molecular weight excluding hydrogens is 472 g/mol. The zero-order valence-corrected chi connectivity index (χ0v) is 20.5. The highest BCUT2D eigenvalue weighted by molar-refractivity contribution is 9.10. The first-order chi connectivity index (χ1) is 15.0. The summed E-state index contributed by atoms with van der Waals surface area (Å²) in [5.41, 5.74) is 2.27. The highest BCUT2D eigenvalue weighted by atomic mass is 79.9. The molecule has 4 nitrogen and oxygen atoms in total. The molecule has 1 fully saturated rings. The number of rotatable bonds is 10. The molecule has 0 aromatic heterocycles. The summed E-state index contributed by atoms with van der Waals surface area (Å²) in [6, 6.07) is 18.0. The van der Waals surface area contributed by atoms with Gasteiger partial charge >= 0.3 is 0 Å². The Morgan fingerprint density at radius 1 is 1.10 bits per heavy atom. The van der Waals surface area contributed by atoms with Gasteiger partial charge in [-0.25, -0.2) is 0 Å². The number of carbonyl (C=O) groups is 2. The van der Waals surface area contributed by atoms with Crippen LogP contribution in [0.3, 0.4) is 0 Å². The van der Waals surface area contributed by atoms with Gasteiger partial charge in [0.25, 0.3) is 0 Å². The number of thioether (sulfide) groups is 1. The van der Waals surface area contributed by atoms with E-state index in [0.717, 1.165) is 34.4 Å². The van der Waals surface area contributed by atoms with E-state index in [-0.39, 0.29) is 17.9 Å². The van der Waals surface area contributed by atoms with Crippen LogP contribution in [0.15, 0.2) is 59.1 Å². The smallest absolute Gasteiger partial charge is 0.242 e. The second-order valence-corrected chi connectivity index (χ2v) is 10.1. The third-order valence-electron chi connectivity index (χ3n) is 5.68. The van der Waals surface area contributed by atoms with Crippen LogP contribution in [-0.4, -0.2) is 34.6 Å². The van der Waals surface area contributed by atoms with Gasteiger partial charge in [-0.15, -0.1) is 0 Å². The van der Waals surface area contributed by atoms with Gasteiger partial charge in [0.2, 0.25) is 11.8 Å². The Morgan fingerprint density at radius 3 is 2.52 bits per heavy atom. The average Bonchev–Trinajstić information content (AvgIpc) is 3.28. The van der Waals surface area contributed by atoms with Crippen molar-refractivity contribution in [3.8, 4) is 0 Å². The average molecular weight is 504 g/mol. The summed E-state index contributed by atoms with van der Waals surface area (Å²) >= 11 is 5.25. The maximum atomic E-state index is 13.1. The first kappa shape index (κ1) is 23.9. The largest absolute Gasteiger partial charge is 0.352 e. The minimum Gasteiger partial charge on any atom is -0.352 e. The number of hydrogen-bond acceptors (Lipinski definition) is 3. The van der Waals surface area contributed by atoms with Crippen molar-refractivity contribution in [2.24, 2.45) is 0 Å². The summed E-state index contributed by atoms with van der Waals surface area (Å²) in [6.07, 6.45) is 4.83. The highest BCUT2D eigenvalue weighted by Crippen LogP contribution is 2.20. The molecule has 31 heavy (non-hydrogen) atoms. The molecule has 1 N–H and O–H groups in total. The van der Waals surface area contributed by atoms with Crippen molar-refractivity contribution in [1.29, 1.82) is 0 Å². The van der Waals surface area contributed by atoms with E-state index < -0.39 is 6.04 Å². The van der Waals surface area contributed by atoms with Gasteiger partial charge in [0.15, 0.2) is 0 Å². The summed E-state index contributed by atoms with van der Waals surface area (Å²) in [6.45, 7) is 2.28. The maximum absolute atomic E-state index is 13.1. The van der Waals surface area contributed by atoms with Crippen LogP contribution in [0.5, 0.6) is 0 Å². The number of nitrogens with one attached hydrogen (secondary N) is 1. The van der Waals surface area contributed by atoms with Crippen molar-refractivity contribution < 1.29 is 9.59 Å². The summed E-state index contributed by atoms with van der Waals surface area (Å²) in [5, 5.41) is 3.15. The molecule has 6 heteroatoms. The molecule has 2 amide bonds. The Morgan fingerprint density at radius 2 is 1.81 bits per heavy atom. The minimum absolute atomic E-state index is 0.0228. The lowest BCUT2D eigenvalue weighted by Crippen LogP contribution is -2.49. The molecule has 0 bridgehead atoms. The first-order valence-corrected chi connectivity index (χ1v) is 12.9. The van der Waals surface area contributed by atoms with E-state index >= 15 is 0 Å². The molecule has 0 spiro atoms. The van der Waals surface area contributed by atoms with Gasteiger partial charge in [-0.05, 0) is 43.0 Å². The third-order valence-corrected chi connectivity index (χ3v) is 7.21. The molecule has 1 aliphatic carbocycles. The monoisotopic (exact) mass is 502 g/mol. The summed E-state index contributed by atoms with van der Waals surface area (Å²) in [4.78, 5) is 27.8. The fourth-order valence-electron chi connectivity index (χ4n) is 3.87. The van der Waals surface area contributed by atoms with Gasteiger partial charge in [-0.3, -0.25) is 9.59 Å². The van der Waals surface area contributed by atoms with E-state index in [1.165, 1.54) is 18.4 Å². The summed E-state index contributed by atoms with van der Waals surface area (Å²) < 4.78 is 0.971. The van der Waals surface area contributed by atoms with Gasteiger partial charge < -0.3 is 10.2 Å². The number of carbonyl (C=O) groups excluding carboxylic acids is 2. The predicted molar refractivity (Wildman–Crippen MR) is 132 cm³/mol. The lowest BCUT2D eigenvalue weighted by Gasteiger charge is -2.30. The second kappa shape index (κ2) is 12.3. The fraction of sp³-hybridized carbons (Fsp3) is 0.440. The standard InChI is InChI=1S/C25H31BrN2O2S/c1-19(25(30)27-23-12-5-6-13-23)28(17-21-10-7-11-22(26)16-21)24(29)14-15-31-18-20-8-3-2-4-9-20/h2-4,7-11,16,19,23H,5-6,12-15,17-18H2,1H3,(H,27,30)/t19-/m0/s1. The summed E-state index contributed by atoms with van der Waals surface area (Å²) in [7, 11) is 0. The van der Waals surface area contributed by atoms with Crippen LogP contribution in [0, 0.1) is 0 Å². The van der Waals surface area contributed by atoms with Crippen molar-refractivity contribution in [1.82, 2.24) is 10.2 Å². The molecule has 1 aliphatic rings. The van der Waals surface area contributed by atoms with E-state index in [1.807, 2.05) is 49.4 Å². The number of amides is 2. The van der Waals surface area contributed by atoms with Crippen LogP contribution in [0.1, 0.15) is 50.2 Å². The molecule has 2 aromatic carbocycles. The van der Waals surface area contributed by atoms with Gasteiger partial charge in [0.1, 0.15) is 6.04 Å². The van der Waals surface area contributed by atoms with Crippen LogP contribution in [-0.2, 0) is 21.9 Å². The Kier molecular flexibility index (Phi) is 9.47. The molecule has 166 valence electrons. The quantitative estimate of drug-likeness (QED) is 0.433. The minimum atomic E-state index is -0.494. The molecule has 0 unspecified atom stereocenters. The number of nitrogens with zero attached hydrogens (tertiary/aromatic N) is 1. The van der Waals surface area contributed by atoms with Crippen LogP contribution >= 0.6 is 27.7 Å². The Labute approximate surface area is 198 Å². The molecule has 1 atom stereocenters. The number of hydrogen-bond donors (Lipinski definition) is 1. The van der Waals surface area contributed by atoms with Gasteiger partial charge in [-0.2, -0.15) is 11.8 Å². The third kappa shape index (κ3) is 7.69. The molecule has 0 heterocycles. The Bertz CT molecular complexity index is 856. The van der Waals surface area contributed by atoms with Crippen molar-refractivity contribution in [2.45, 2.75) is 63.4 Å². The Hall–Kier alpha value is -1.79. The predicted octanol–water partition coefficient (Wildman–Crippen LogP) is 5.55. The molecule has 3 rings (SSSR count). The fourth-order valence-corrected chi connectivity index (χ4v) is 5.21. The van der Waals surface area contributed by atoms with Crippen molar-refractivity contribution in [2.75, 3.05) is 5.75 Å². The van der Waals surface area contributed by atoms with Gasteiger partial charge in [0.05, 0.1) is 0 Å². The lowest BCUT2D eigenvalue weighted by atomic mass is 10.1. The number of benzene rings is 2. The van der Waals surface area contributed by atoms with E-state index in [1.54, 1.807) is 16.7 Å². The second-order valence-electron chi connectivity index (χ2n) is 8.11. The highest BCUT2D eigenvalue weighted by Gasteiger charge is 2.28. The molecule has 2 aromatic rings. The molecule has 0 aliphatic heterocycles. The maximum Gasteiger partial charge on any atom is 0.242 e. The van der Waals surface area contributed by atoms with Crippen LogP contribution in [0.25, 0.3) is 0 Å². The zero-order chi connectivity index (χ0) is 22.1. The molecule has 0 saturated heterocycles. The molecule has 0 radical (unpaired) electrons. The molecule has 1 saturated carbocycles. The normalized spacial score (nSPS) is 14.9. The van der Waals surface area contributed by atoms with Crippen molar-refractivity contribution in [3.63, 3.8) is 0 Å². The van der Waals surface area contributed by atoms with Crippen LogP contribution in [0.4, 0.5) is 0 Å².